The third-order valence-electron chi connectivity index (χ3n) is 1.52. The van der Waals surface area contributed by atoms with Crippen LogP contribution >= 0.6 is 27.5 Å². The Morgan fingerprint density at radius 1 is 1.62 bits per heavy atom. The van der Waals surface area contributed by atoms with Gasteiger partial charge in [0.15, 0.2) is 0 Å². The van der Waals surface area contributed by atoms with Gasteiger partial charge in [0.1, 0.15) is 5.82 Å². The molecule has 2 nitrogen and oxygen atoms in total. The first-order valence-electron chi connectivity index (χ1n) is 3.33. The first-order chi connectivity index (χ1) is 6.06. The topological polar surface area (TPSA) is 37.3 Å². The smallest absolute Gasteiger partial charge is 0.336 e. The highest BCUT2D eigenvalue weighted by Crippen LogP contribution is 2.22. The van der Waals surface area contributed by atoms with E-state index in [9.17, 15) is 9.18 Å². The minimum atomic E-state index is -1.18. The second-order valence-electron chi connectivity index (χ2n) is 2.35. The summed E-state index contributed by atoms with van der Waals surface area (Å²) >= 11 is 8.51. The Morgan fingerprint density at radius 3 is 2.69 bits per heavy atom. The fraction of sp³-hybridized carbons (Fsp3) is 0.125. The Morgan fingerprint density at radius 2 is 2.23 bits per heavy atom. The van der Waals surface area contributed by atoms with Gasteiger partial charge >= 0.3 is 5.97 Å². The predicted octanol–water partition coefficient (Wildman–Crippen LogP) is 3.07. The molecule has 0 bridgehead atoms. The molecule has 0 aliphatic rings. The van der Waals surface area contributed by atoms with E-state index >= 15 is 0 Å². The molecule has 0 fully saturated rings. The lowest BCUT2D eigenvalue weighted by Crippen LogP contribution is -2.03. The van der Waals surface area contributed by atoms with Crippen molar-refractivity contribution in [2.45, 2.75) is 5.33 Å². The van der Waals surface area contributed by atoms with Crippen LogP contribution in [0.3, 0.4) is 0 Å². The standard InChI is InChI=1S/C8H5BrClFO2/c9-3-6-5(8(12)13)1-4(10)2-7(6)11/h1-2H,3H2,(H,12,13). The van der Waals surface area contributed by atoms with Crippen molar-refractivity contribution in [1.82, 2.24) is 0 Å². The molecule has 1 aromatic rings. The summed E-state index contributed by atoms with van der Waals surface area (Å²) in [6.07, 6.45) is 0. The van der Waals surface area contributed by atoms with Gasteiger partial charge in [-0.3, -0.25) is 0 Å². The van der Waals surface area contributed by atoms with E-state index in [1.807, 2.05) is 0 Å². The zero-order valence-electron chi connectivity index (χ0n) is 6.35. The number of benzene rings is 1. The average molecular weight is 267 g/mol. The fourth-order valence-corrected chi connectivity index (χ4v) is 1.70. The summed E-state index contributed by atoms with van der Waals surface area (Å²) in [5, 5.41) is 8.93. The maximum Gasteiger partial charge on any atom is 0.336 e. The van der Waals surface area contributed by atoms with E-state index < -0.39 is 11.8 Å². The number of rotatable bonds is 2. The van der Waals surface area contributed by atoms with E-state index in [1.165, 1.54) is 6.07 Å². The van der Waals surface area contributed by atoms with Crippen LogP contribution in [0.25, 0.3) is 0 Å². The molecule has 0 saturated heterocycles. The van der Waals surface area contributed by atoms with Gasteiger partial charge in [-0.2, -0.15) is 0 Å². The van der Waals surface area contributed by atoms with E-state index in [1.54, 1.807) is 0 Å². The van der Waals surface area contributed by atoms with E-state index in [4.69, 9.17) is 16.7 Å². The number of carbonyl (C=O) groups is 1. The van der Waals surface area contributed by atoms with Gasteiger partial charge in [0.2, 0.25) is 0 Å². The van der Waals surface area contributed by atoms with Crippen molar-refractivity contribution in [2.24, 2.45) is 0 Å². The Labute approximate surface area is 87.5 Å². The van der Waals surface area contributed by atoms with E-state index in [2.05, 4.69) is 15.9 Å². The minimum Gasteiger partial charge on any atom is -0.478 e. The molecule has 0 atom stereocenters. The van der Waals surface area contributed by atoms with Crippen molar-refractivity contribution >= 4 is 33.5 Å². The Hall–Kier alpha value is -0.610. The van der Waals surface area contributed by atoms with Crippen LogP contribution in [-0.4, -0.2) is 11.1 Å². The van der Waals surface area contributed by atoms with Gasteiger partial charge < -0.3 is 5.11 Å². The van der Waals surface area contributed by atoms with Gasteiger partial charge in [0.05, 0.1) is 5.56 Å². The highest BCUT2D eigenvalue weighted by molar-refractivity contribution is 9.08. The van der Waals surface area contributed by atoms with Crippen LogP contribution in [0, 0.1) is 5.82 Å². The zero-order valence-corrected chi connectivity index (χ0v) is 8.69. The van der Waals surface area contributed by atoms with Crippen LogP contribution in [0.15, 0.2) is 12.1 Å². The summed E-state index contributed by atoms with van der Waals surface area (Å²) < 4.78 is 13.1. The lowest BCUT2D eigenvalue weighted by Gasteiger charge is -2.04. The minimum absolute atomic E-state index is 0.0830. The van der Waals surface area contributed by atoms with Crippen LogP contribution in [0.2, 0.25) is 5.02 Å². The molecule has 0 aliphatic carbocycles. The average Bonchev–Trinajstić information content (AvgIpc) is 2.02. The highest BCUT2D eigenvalue weighted by Gasteiger charge is 2.14. The Kier molecular flexibility index (Phi) is 3.27. The molecular weight excluding hydrogens is 262 g/mol. The lowest BCUT2D eigenvalue weighted by molar-refractivity contribution is 0.0695. The molecule has 0 unspecified atom stereocenters. The number of aromatic carboxylic acids is 1. The molecule has 1 rings (SSSR count). The van der Waals surface area contributed by atoms with Crippen LogP contribution in [0.1, 0.15) is 15.9 Å². The molecule has 70 valence electrons. The molecule has 0 saturated carbocycles. The van der Waals surface area contributed by atoms with Crippen molar-refractivity contribution < 1.29 is 14.3 Å². The predicted molar refractivity (Wildman–Crippen MR) is 51.0 cm³/mol. The summed E-state index contributed by atoms with van der Waals surface area (Å²) in [4.78, 5) is 10.6. The molecule has 0 heterocycles. The maximum absolute atomic E-state index is 13.1. The van der Waals surface area contributed by atoms with Crippen molar-refractivity contribution in [2.75, 3.05) is 0 Å². The number of hydrogen-bond donors (Lipinski definition) is 1. The maximum atomic E-state index is 13.1. The van der Waals surface area contributed by atoms with Crippen LogP contribution in [0.4, 0.5) is 4.39 Å². The first kappa shape index (κ1) is 10.5. The number of hydrogen-bond acceptors (Lipinski definition) is 1. The molecule has 0 aliphatic heterocycles. The summed E-state index contributed by atoms with van der Waals surface area (Å²) in [7, 11) is 0. The summed E-state index contributed by atoms with van der Waals surface area (Å²) in [5.74, 6) is -1.79. The first-order valence-corrected chi connectivity index (χ1v) is 4.83. The van der Waals surface area contributed by atoms with E-state index in [0.717, 1.165) is 6.07 Å². The number of alkyl halides is 1. The van der Waals surface area contributed by atoms with Gasteiger partial charge in [-0.05, 0) is 12.1 Å². The second kappa shape index (κ2) is 4.07. The molecule has 1 aromatic carbocycles. The molecule has 0 amide bonds. The SMILES string of the molecule is O=C(O)c1cc(Cl)cc(F)c1CBr. The number of halogens is 3. The van der Waals surface area contributed by atoms with E-state index in [-0.39, 0.29) is 21.5 Å². The Balaban J connectivity index is 3.38. The van der Waals surface area contributed by atoms with Gasteiger partial charge in [-0.25, -0.2) is 9.18 Å². The quantitative estimate of drug-likeness (QED) is 0.836. The van der Waals surface area contributed by atoms with E-state index in [0.29, 0.717) is 0 Å². The summed E-state index contributed by atoms with van der Waals surface area (Å²) in [5.41, 5.74) is -0.00113. The van der Waals surface area contributed by atoms with Crippen LogP contribution in [0.5, 0.6) is 0 Å². The van der Waals surface area contributed by atoms with Crippen LogP contribution < -0.4 is 0 Å². The zero-order chi connectivity index (χ0) is 10.0. The summed E-state index contributed by atoms with van der Waals surface area (Å²) in [6, 6.07) is 2.31. The molecular formula is C8H5BrClFO2. The third kappa shape index (κ3) is 2.19. The third-order valence-corrected chi connectivity index (χ3v) is 2.30. The molecule has 0 radical (unpaired) electrons. The van der Waals surface area contributed by atoms with Crippen molar-refractivity contribution in [3.05, 3.63) is 34.1 Å². The monoisotopic (exact) mass is 266 g/mol. The fourth-order valence-electron chi connectivity index (χ4n) is 0.930. The van der Waals surface area contributed by atoms with Gasteiger partial charge in [-0.15, -0.1) is 0 Å². The molecule has 5 heteroatoms. The molecule has 0 spiro atoms. The second-order valence-corrected chi connectivity index (χ2v) is 3.35. The Bertz CT molecular complexity index is 354. The molecule has 1 N–H and O–H groups in total. The summed E-state index contributed by atoms with van der Waals surface area (Å²) in [6.45, 7) is 0. The lowest BCUT2D eigenvalue weighted by atomic mass is 10.1. The van der Waals surface area contributed by atoms with Crippen molar-refractivity contribution in [3.8, 4) is 0 Å². The van der Waals surface area contributed by atoms with Gasteiger partial charge in [0.25, 0.3) is 0 Å². The highest BCUT2D eigenvalue weighted by atomic mass is 79.9. The normalized spacial score (nSPS) is 10.1. The van der Waals surface area contributed by atoms with Gasteiger partial charge in [-0.1, -0.05) is 27.5 Å². The molecule has 13 heavy (non-hydrogen) atoms. The van der Waals surface area contributed by atoms with Crippen LogP contribution in [-0.2, 0) is 5.33 Å². The van der Waals surface area contributed by atoms with Crippen molar-refractivity contribution in [1.29, 1.82) is 0 Å². The van der Waals surface area contributed by atoms with Crippen molar-refractivity contribution in [3.63, 3.8) is 0 Å². The molecule has 0 aromatic heterocycles. The largest absolute Gasteiger partial charge is 0.478 e. The van der Waals surface area contributed by atoms with Gasteiger partial charge in [0, 0.05) is 15.9 Å². The number of carboxylic acid groups (broad SMARTS) is 1. The number of carboxylic acids is 1.